The lowest BCUT2D eigenvalue weighted by Gasteiger charge is -2.39. The van der Waals surface area contributed by atoms with Gasteiger partial charge >= 0.3 is 0 Å². The first kappa shape index (κ1) is 18.4. The molecule has 1 fully saturated rings. The van der Waals surface area contributed by atoms with E-state index in [2.05, 4.69) is 4.90 Å². The van der Waals surface area contributed by atoms with E-state index in [1.807, 2.05) is 55.3 Å². The van der Waals surface area contributed by atoms with Crippen LogP contribution < -0.4 is 0 Å². The van der Waals surface area contributed by atoms with Gasteiger partial charge in [0.1, 0.15) is 5.75 Å². The van der Waals surface area contributed by atoms with Crippen LogP contribution in [0.5, 0.6) is 5.75 Å². The molecule has 1 saturated heterocycles. The van der Waals surface area contributed by atoms with E-state index in [1.54, 1.807) is 6.07 Å². The molecule has 138 valence electrons. The molecule has 1 aliphatic heterocycles. The number of phenols is 1. The van der Waals surface area contributed by atoms with Gasteiger partial charge in [-0.1, -0.05) is 23.8 Å². The first-order chi connectivity index (χ1) is 12.5. The van der Waals surface area contributed by atoms with Crippen LogP contribution in [-0.2, 0) is 0 Å². The summed E-state index contributed by atoms with van der Waals surface area (Å²) in [4.78, 5) is 16.9. The van der Waals surface area contributed by atoms with Crippen molar-refractivity contribution in [1.82, 2.24) is 9.80 Å². The van der Waals surface area contributed by atoms with Crippen molar-refractivity contribution in [3.8, 4) is 16.9 Å². The van der Waals surface area contributed by atoms with Crippen molar-refractivity contribution in [2.45, 2.75) is 19.4 Å². The number of aliphatic hydroxyl groups excluding tert-OH is 1. The van der Waals surface area contributed by atoms with E-state index in [4.69, 9.17) is 0 Å². The lowest BCUT2D eigenvalue weighted by molar-refractivity contribution is 0.0500. The highest BCUT2D eigenvalue weighted by atomic mass is 16.3. The molecule has 0 spiro atoms. The van der Waals surface area contributed by atoms with Crippen LogP contribution in [0.2, 0.25) is 0 Å². The van der Waals surface area contributed by atoms with E-state index in [-0.39, 0.29) is 24.3 Å². The molecule has 0 aromatic heterocycles. The minimum atomic E-state index is 0.0149. The number of aromatic hydroxyl groups is 1. The van der Waals surface area contributed by atoms with Crippen LogP contribution in [0.3, 0.4) is 0 Å². The summed E-state index contributed by atoms with van der Waals surface area (Å²) in [6, 6.07) is 13.1. The third kappa shape index (κ3) is 3.89. The summed E-state index contributed by atoms with van der Waals surface area (Å²) in [7, 11) is 2.03. The second-order valence-electron chi connectivity index (χ2n) is 7.00. The molecule has 0 saturated carbocycles. The van der Waals surface area contributed by atoms with Crippen molar-refractivity contribution >= 4 is 5.91 Å². The topological polar surface area (TPSA) is 64.0 Å². The molecule has 2 N–H and O–H groups in total. The van der Waals surface area contributed by atoms with E-state index in [9.17, 15) is 15.0 Å². The fourth-order valence-corrected chi connectivity index (χ4v) is 3.45. The summed E-state index contributed by atoms with van der Waals surface area (Å²) in [5, 5.41) is 19.3. The van der Waals surface area contributed by atoms with Gasteiger partial charge in [0.05, 0.1) is 0 Å². The second kappa shape index (κ2) is 7.89. The number of benzene rings is 2. The number of rotatable bonds is 4. The van der Waals surface area contributed by atoms with E-state index >= 15 is 0 Å². The highest BCUT2D eigenvalue weighted by Gasteiger charge is 2.27. The van der Waals surface area contributed by atoms with Gasteiger partial charge in [-0.05, 0) is 50.2 Å². The molecule has 1 aliphatic rings. The van der Waals surface area contributed by atoms with E-state index < -0.39 is 0 Å². The lowest BCUT2D eigenvalue weighted by atomic mass is 10.0. The van der Waals surface area contributed by atoms with Crippen molar-refractivity contribution in [3.63, 3.8) is 0 Å². The van der Waals surface area contributed by atoms with E-state index in [1.165, 1.54) is 0 Å². The molecule has 3 rings (SSSR count). The van der Waals surface area contributed by atoms with Crippen molar-refractivity contribution < 1.29 is 15.0 Å². The molecule has 0 aliphatic carbocycles. The number of phenolic OH excluding ortho intramolecular Hbond substituents is 1. The molecule has 0 bridgehead atoms. The van der Waals surface area contributed by atoms with Crippen molar-refractivity contribution in [1.29, 1.82) is 0 Å². The van der Waals surface area contributed by atoms with Crippen LogP contribution in [-0.4, -0.2) is 65.3 Å². The molecule has 1 amide bonds. The van der Waals surface area contributed by atoms with Crippen LogP contribution in [0.15, 0.2) is 42.5 Å². The van der Waals surface area contributed by atoms with Crippen molar-refractivity contribution in [2.75, 3.05) is 33.3 Å². The molecule has 0 unspecified atom stereocenters. The van der Waals surface area contributed by atoms with Gasteiger partial charge in [0.15, 0.2) is 0 Å². The number of nitrogens with zero attached hydrogens (tertiary/aromatic N) is 2. The maximum Gasteiger partial charge on any atom is 0.253 e. The number of amides is 1. The third-order valence-electron chi connectivity index (χ3n) is 5.12. The van der Waals surface area contributed by atoms with Gasteiger partial charge in [-0.15, -0.1) is 0 Å². The maximum atomic E-state index is 12.8. The number of aryl methyl sites for hydroxylation is 1. The average Bonchev–Trinajstić information content (AvgIpc) is 2.65. The fraction of sp³-hybridized carbons (Fsp3) is 0.381. The number of carbonyl (C=O) groups is 1. The Bertz CT molecular complexity index is 773. The van der Waals surface area contributed by atoms with Gasteiger partial charge in [0.25, 0.3) is 5.91 Å². The summed E-state index contributed by atoms with van der Waals surface area (Å²) in [6.07, 6.45) is 0.672. The molecule has 2 aromatic carbocycles. The normalized spacial score (nSPS) is 18.1. The first-order valence-electron chi connectivity index (χ1n) is 9.00. The zero-order chi connectivity index (χ0) is 18.7. The number of hydrogen-bond acceptors (Lipinski definition) is 4. The van der Waals surface area contributed by atoms with E-state index in [0.29, 0.717) is 25.1 Å². The van der Waals surface area contributed by atoms with Crippen LogP contribution in [0.1, 0.15) is 22.3 Å². The van der Waals surface area contributed by atoms with Gasteiger partial charge < -0.3 is 15.1 Å². The quantitative estimate of drug-likeness (QED) is 0.886. The van der Waals surface area contributed by atoms with Gasteiger partial charge in [0, 0.05) is 43.4 Å². The Kier molecular flexibility index (Phi) is 5.59. The van der Waals surface area contributed by atoms with Gasteiger partial charge in [-0.25, -0.2) is 0 Å². The van der Waals surface area contributed by atoms with Gasteiger partial charge in [0.2, 0.25) is 0 Å². The molecular weight excluding hydrogens is 328 g/mol. The summed E-state index contributed by atoms with van der Waals surface area (Å²) >= 11 is 0. The Hall–Kier alpha value is -2.37. The van der Waals surface area contributed by atoms with Gasteiger partial charge in [-0.2, -0.15) is 0 Å². The minimum absolute atomic E-state index is 0.0149. The predicted molar refractivity (Wildman–Crippen MR) is 102 cm³/mol. The van der Waals surface area contributed by atoms with Crippen molar-refractivity contribution in [3.05, 3.63) is 53.6 Å². The monoisotopic (exact) mass is 354 g/mol. The average molecular weight is 354 g/mol. The largest absolute Gasteiger partial charge is 0.507 e. The predicted octanol–water partition coefficient (Wildman–Crippen LogP) is 2.51. The zero-order valence-electron chi connectivity index (χ0n) is 15.4. The van der Waals surface area contributed by atoms with E-state index in [0.717, 1.165) is 23.2 Å². The third-order valence-corrected chi connectivity index (χ3v) is 5.12. The second-order valence-corrected chi connectivity index (χ2v) is 7.00. The minimum Gasteiger partial charge on any atom is -0.507 e. The Morgan fingerprint density at radius 2 is 1.88 bits per heavy atom. The Morgan fingerprint density at radius 1 is 1.15 bits per heavy atom. The molecule has 0 radical (unpaired) electrons. The molecule has 1 atom stereocenters. The number of carbonyl (C=O) groups excluding carboxylic acids is 1. The molecule has 5 heteroatoms. The Labute approximate surface area is 154 Å². The highest BCUT2D eigenvalue weighted by Crippen LogP contribution is 2.30. The zero-order valence-corrected chi connectivity index (χ0v) is 15.4. The summed E-state index contributed by atoms with van der Waals surface area (Å²) in [6.45, 7) is 4.25. The van der Waals surface area contributed by atoms with Gasteiger partial charge in [-0.3, -0.25) is 9.69 Å². The SMILES string of the molecule is Cc1ccc(O)c(-c2ccc(C(=O)N3CCN(C)[C@@H](CCO)C3)cc2)c1. The van der Waals surface area contributed by atoms with Crippen LogP contribution >= 0.6 is 0 Å². The lowest BCUT2D eigenvalue weighted by Crippen LogP contribution is -2.53. The number of piperazine rings is 1. The molecular formula is C21H26N2O3. The highest BCUT2D eigenvalue weighted by molar-refractivity contribution is 5.95. The molecule has 2 aromatic rings. The Morgan fingerprint density at radius 3 is 2.58 bits per heavy atom. The fourth-order valence-electron chi connectivity index (χ4n) is 3.45. The Balaban J connectivity index is 1.76. The van der Waals surface area contributed by atoms with Crippen LogP contribution in [0.4, 0.5) is 0 Å². The number of hydrogen-bond donors (Lipinski definition) is 2. The summed E-state index contributed by atoms with van der Waals surface area (Å²) < 4.78 is 0. The van der Waals surface area contributed by atoms with Crippen LogP contribution in [0, 0.1) is 6.92 Å². The standard InChI is InChI=1S/C21H26N2O3/c1-15-3-8-20(25)19(13-15)16-4-6-17(7-5-16)21(26)23-11-10-22(2)18(14-23)9-12-24/h3-8,13,18,24-25H,9-12,14H2,1-2H3/t18-/m0/s1. The molecule has 5 nitrogen and oxygen atoms in total. The summed E-state index contributed by atoms with van der Waals surface area (Å²) in [5.74, 6) is 0.252. The smallest absolute Gasteiger partial charge is 0.253 e. The molecule has 1 heterocycles. The van der Waals surface area contributed by atoms with Crippen LogP contribution in [0.25, 0.3) is 11.1 Å². The molecule has 26 heavy (non-hydrogen) atoms. The maximum absolute atomic E-state index is 12.8. The number of aliphatic hydroxyl groups is 1. The number of likely N-dealkylation sites (N-methyl/N-ethyl adjacent to an activating group) is 1. The van der Waals surface area contributed by atoms with Crippen molar-refractivity contribution in [2.24, 2.45) is 0 Å². The first-order valence-corrected chi connectivity index (χ1v) is 9.00. The summed E-state index contributed by atoms with van der Waals surface area (Å²) in [5.41, 5.74) is 3.38.